The van der Waals surface area contributed by atoms with E-state index in [2.05, 4.69) is 35.5 Å². The Hall–Kier alpha value is -2.85. The molecule has 0 amide bonds. The van der Waals surface area contributed by atoms with Crippen LogP contribution in [0.2, 0.25) is 0 Å². The van der Waals surface area contributed by atoms with E-state index in [4.69, 9.17) is 0 Å². The van der Waals surface area contributed by atoms with Gasteiger partial charge < -0.3 is 4.57 Å². The molecule has 4 heteroatoms. The summed E-state index contributed by atoms with van der Waals surface area (Å²) in [5, 5.41) is 1.22. The van der Waals surface area contributed by atoms with Gasteiger partial charge in [0.15, 0.2) is 5.78 Å². The van der Waals surface area contributed by atoms with Crippen LogP contribution in [0, 0.1) is 6.92 Å². The molecule has 4 aromatic rings. The van der Waals surface area contributed by atoms with E-state index in [1.807, 2.05) is 67.0 Å². The predicted molar refractivity (Wildman–Crippen MR) is 116 cm³/mol. The second-order valence-corrected chi connectivity index (χ2v) is 7.96. The first kappa shape index (κ1) is 18.5. The van der Waals surface area contributed by atoms with Gasteiger partial charge in [0.25, 0.3) is 0 Å². The third-order valence-corrected chi connectivity index (χ3v) is 6.34. The van der Waals surface area contributed by atoms with Gasteiger partial charge in [-0.3, -0.25) is 9.78 Å². The van der Waals surface area contributed by atoms with Gasteiger partial charge >= 0.3 is 0 Å². The van der Waals surface area contributed by atoms with Crippen molar-refractivity contribution in [3.05, 3.63) is 95.9 Å². The molecule has 2 aromatic heterocycles. The molecule has 2 aromatic carbocycles. The van der Waals surface area contributed by atoms with E-state index in [1.54, 1.807) is 11.8 Å². The Morgan fingerprint density at radius 1 is 1.00 bits per heavy atom. The Balaban J connectivity index is 1.85. The summed E-state index contributed by atoms with van der Waals surface area (Å²) >= 11 is 1.80. The number of nitrogens with zero attached hydrogens (tertiary/aromatic N) is 2. The smallest absolute Gasteiger partial charge is 0.195 e. The number of carbonyl (C=O) groups is 1. The lowest BCUT2D eigenvalue weighted by molar-refractivity contribution is 0.103. The third kappa shape index (κ3) is 3.36. The molecule has 0 N–H and O–H groups in total. The maximum Gasteiger partial charge on any atom is 0.195 e. The van der Waals surface area contributed by atoms with E-state index in [0.717, 1.165) is 34.1 Å². The summed E-state index contributed by atoms with van der Waals surface area (Å²) in [6.07, 6.45) is 4.59. The van der Waals surface area contributed by atoms with Gasteiger partial charge in [-0.15, -0.1) is 11.8 Å². The van der Waals surface area contributed by atoms with Crippen LogP contribution < -0.4 is 0 Å². The number of benzene rings is 2. The van der Waals surface area contributed by atoms with Crippen LogP contribution in [0.5, 0.6) is 0 Å². The Morgan fingerprint density at radius 3 is 2.39 bits per heavy atom. The lowest BCUT2D eigenvalue weighted by Crippen LogP contribution is -2.09. The van der Waals surface area contributed by atoms with Gasteiger partial charge in [0.1, 0.15) is 0 Å². The fraction of sp³-hybridized carbons (Fsp3) is 0.167. The topological polar surface area (TPSA) is 34.9 Å². The predicted octanol–water partition coefficient (Wildman–Crippen LogP) is 6.28. The van der Waals surface area contributed by atoms with Crippen LogP contribution in [-0.4, -0.2) is 15.3 Å². The van der Waals surface area contributed by atoms with E-state index >= 15 is 0 Å². The summed E-state index contributed by atoms with van der Waals surface area (Å²) in [6, 6.07) is 21.8. The Kier molecular flexibility index (Phi) is 5.31. The summed E-state index contributed by atoms with van der Waals surface area (Å²) < 4.78 is 2.32. The highest BCUT2D eigenvalue weighted by atomic mass is 32.2. The molecule has 0 aliphatic carbocycles. The van der Waals surface area contributed by atoms with E-state index in [9.17, 15) is 4.79 Å². The van der Waals surface area contributed by atoms with Gasteiger partial charge in [0, 0.05) is 39.4 Å². The molecular weight excluding hydrogens is 364 g/mol. The lowest BCUT2D eigenvalue weighted by atomic mass is 10.0. The normalized spacial score (nSPS) is 12.2. The molecule has 4 rings (SSSR count). The Morgan fingerprint density at radius 2 is 1.68 bits per heavy atom. The molecule has 0 saturated heterocycles. The van der Waals surface area contributed by atoms with Crippen LogP contribution in [0.4, 0.5) is 0 Å². The molecule has 1 atom stereocenters. The average molecular weight is 387 g/mol. The largest absolute Gasteiger partial charge is 0.331 e. The van der Waals surface area contributed by atoms with Gasteiger partial charge in [-0.05, 0) is 31.5 Å². The second kappa shape index (κ2) is 8.03. The minimum Gasteiger partial charge on any atom is -0.331 e. The number of rotatable bonds is 6. The minimum absolute atomic E-state index is 0.0804. The van der Waals surface area contributed by atoms with Crippen LogP contribution in [0.25, 0.3) is 10.9 Å². The number of ketones is 1. The number of aromatic nitrogens is 2. The van der Waals surface area contributed by atoms with Gasteiger partial charge in [0.05, 0.1) is 10.9 Å². The van der Waals surface area contributed by atoms with E-state index in [-0.39, 0.29) is 11.2 Å². The van der Waals surface area contributed by atoms with Crippen molar-refractivity contribution in [1.82, 2.24) is 9.55 Å². The standard InChI is InChI=1S/C24H22N2OS/c1-3-22(28-19-13-15-25-16-14-19)26-17(2)23(20-11-7-8-12-21(20)26)24(27)18-9-5-4-6-10-18/h4-16,22H,3H2,1-2H3. The highest BCUT2D eigenvalue weighted by Crippen LogP contribution is 2.39. The van der Waals surface area contributed by atoms with Crippen molar-refractivity contribution in [3.63, 3.8) is 0 Å². The molecule has 0 bridgehead atoms. The number of hydrogen-bond acceptors (Lipinski definition) is 3. The molecule has 1 unspecified atom stereocenters. The van der Waals surface area contributed by atoms with Crippen molar-refractivity contribution in [2.24, 2.45) is 0 Å². The van der Waals surface area contributed by atoms with Crippen molar-refractivity contribution >= 4 is 28.4 Å². The summed E-state index contributed by atoms with van der Waals surface area (Å²) in [5.41, 5.74) is 3.65. The summed E-state index contributed by atoms with van der Waals surface area (Å²) in [4.78, 5) is 18.6. The molecule has 0 aliphatic rings. The number of pyridine rings is 1. The number of carbonyl (C=O) groups excluding carboxylic acids is 1. The molecule has 3 nitrogen and oxygen atoms in total. The van der Waals surface area contributed by atoms with E-state index < -0.39 is 0 Å². The van der Waals surface area contributed by atoms with Crippen molar-refractivity contribution in [2.45, 2.75) is 30.5 Å². The molecule has 140 valence electrons. The summed E-state index contributed by atoms with van der Waals surface area (Å²) in [6.45, 7) is 4.25. The Bertz CT molecular complexity index is 1100. The first-order chi connectivity index (χ1) is 13.7. The number of hydrogen-bond donors (Lipinski definition) is 0. The number of fused-ring (bicyclic) bond motifs is 1. The van der Waals surface area contributed by atoms with Gasteiger partial charge in [-0.2, -0.15) is 0 Å². The second-order valence-electron chi connectivity index (χ2n) is 6.71. The van der Waals surface area contributed by atoms with Crippen LogP contribution in [0.3, 0.4) is 0 Å². The summed E-state index contributed by atoms with van der Waals surface area (Å²) in [7, 11) is 0. The molecule has 0 aliphatic heterocycles. The first-order valence-corrected chi connectivity index (χ1v) is 10.3. The average Bonchev–Trinajstić information content (AvgIpc) is 3.04. The molecular formula is C24H22N2OS. The monoisotopic (exact) mass is 386 g/mol. The maximum atomic E-state index is 13.3. The fourth-order valence-electron chi connectivity index (χ4n) is 3.68. The highest BCUT2D eigenvalue weighted by Gasteiger charge is 2.24. The van der Waals surface area contributed by atoms with E-state index in [1.165, 1.54) is 4.90 Å². The van der Waals surface area contributed by atoms with Crippen LogP contribution >= 0.6 is 11.8 Å². The highest BCUT2D eigenvalue weighted by molar-refractivity contribution is 7.99. The minimum atomic E-state index is 0.0804. The Labute approximate surface area is 169 Å². The zero-order valence-corrected chi connectivity index (χ0v) is 16.8. The zero-order valence-electron chi connectivity index (χ0n) is 16.0. The molecule has 28 heavy (non-hydrogen) atoms. The quantitative estimate of drug-likeness (QED) is 0.289. The molecule has 2 heterocycles. The van der Waals surface area contributed by atoms with Crippen LogP contribution in [0.15, 0.2) is 84.0 Å². The van der Waals surface area contributed by atoms with Crippen LogP contribution in [-0.2, 0) is 0 Å². The summed E-state index contributed by atoms with van der Waals surface area (Å²) in [5.74, 6) is 0.0804. The molecule has 0 spiro atoms. The van der Waals surface area contributed by atoms with Gasteiger partial charge in [-0.1, -0.05) is 55.5 Å². The zero-order chi connectivity index (χ0) is 19.5. The number of para-hydroxylation sites is 1. The number of thioether (sulfide) groups is 1. The molecule has 0 radical (unpaired) electrons. The van der Waals surface area contributed by atoms with Crippen LogP contribution in [0.1, 0.15) is 40.3 Å². The van der Waals surface area contributed by atoms with Gasteiger partial charge in [-0.25, -0.2) is 0 Å². The van der Waals surface area contributed by atoms with Gasteiger partial charge in [0.2, 0.25) is 0 Å². The van der Waals surface area contributed by atoms with E-state index in [0.29, 0.717) is 0 Å². The molecule has 0 saturated carbocycles. The van der Waals surface area contributed by atoms with Crippen molar-refractivity contribution in [1.29, 1.82) is 0 Å². The third-order valence-electron chi connectivity index (χ3n) is 4.98. The lowest BCUT2D eigenvalue weighted by Gasteiger charge is -2.20. The maximum absolute atomic E-state index is 13.3. The van der Waals surface area contributed by atoms with Crippen molar-refractivity contribution < 1.29 is 4.79 Å². The first-order valence-electron chi connectivity index (χ1n) is 9.46. The van der Waals surface area contributed by atoms with Crippen molar-refractivity contribution in [3.8, 4) is 0 Å². The SMILES string of the molecule is CCC(Sc1ccncc1)n1c(C)c(C(=O)c2ccccc2)c2ccccc21. The molecule has 0 fully saturated rings. The fourth-order valence-corrected chi connectivity index (χ4v) is 4.81. The van der Waals surface area contributed by atoms with Crippen molar-refractivity contribution in [2.75, 3.05) is 0 Å².